The van der Waals surface area contributed by atoms with Gasteiger partial charge in [-0.25, -0.2) is 9.29 Å². The highest BCUT2D eigenvalue weighted by Crippen LogP contribution is 2.30. The molecule has 2 aliphatic heterocycles. The number of fused-ring (bicyclic) bond motifs is 1. The second-order valence-electron chi connectivity index (χ2n) is 7.92. The Morgan fingerprint density at radius 2 is 1.50 bits per heavy atom. The number of hydrogen-bond acceptors (Lipinski definition) is 3. The Hall–Kier alpha value is -3.25. The molecule has 5 nitrogen and oxygen atoms in total. The molecular formula is C24H23FN3O2+. The summed E-state index contributed by atoms with van der Waals surface area (Å²) in [5.41, 5.74) is 1.26. The van der Waals surface area contributed by atoms with Crippen molar-refractivity contribution < 1.29 is 18.9 Å². The molecule has 6 heteroatoms. The molecule has 2 saturated heterocycles. The zero-order valence-electron chi connectivity index (χ0n) is 16.6. The number of rotatable bonds is 3. The van der Waals surface area contributed by atoms with E-state index in [-0.39, 0.29) is 30.1 Å². The SMILES string of the molecule is O=C1C[C@H]([NH+]2CCN(c3ccccc3F)CC2)C(=O)N1c1cccc2ccccc12. The molecule has 3 aromatic rings. The molecule has 2 heterocycles. The van der Waals surface area contributed by atoms with Crippen LogP contribution in [0.5, 0.6) is 0 Å². The maximum Gasteiger partial charge on any atom is 0.292 e. The molecule has 3 aromatic carbocycles. The number of nitrogens with zero attached hydrogens (tertiary/aromatic N) is 2. The number of halogens is 1. The van der Waals surface area contributed by atoms with E-state index in [2.05, 4.69) is 0 Å². The highest BCUT2D eigenvalue weighted by atomic mass is 19.1. The Labute approximate surface area is 174 Å². The minimum absolute atomic E-state index is 0.134. The van der Waals surface area contributed by atoms with Crippen LogP contribution in [0.4, 0.5) is 15.8 Å². The number of piperazine rings is 1. The first-order chi connectivity index (χ1) is 14.6. The number of benzene rings is 3. The first-order valence-electron chi connectivity index (χ1n) is 10.3. The summed E-state index contributed by atoms with van der Waals surface area (Å²) in [4.78, 5) is 30.6. The second kappa shape index (κ2) is 7.54. The summed E-state index contributed by atoms with van der Waals surface area (Å²) in [5.74, 6) is -0.508. The highest BCUT2D eigenvalue weighted by molar-refractivity contribution is 6.24. The molecule has 0 radical (unpaired) electrons. The molecule has 2 amide bonds. The van der Waals surface area contributed by atoms with Crippen molar-refractivity contribution in [2.24, 2.45) is 0 Å². The first kappa shape index (κ1) is 18.8. The fourth-order valence-corrected chi connectivity index (χ4v) is 4.70. The molecule has 0 spiro atoms. The standard InChI is InChI=1S/C24H22FN3O2/c25-19-9-3-4-10-21(19)26-12-14-27(15-13-26)22-16-23(29)28(24(22)30)20-11-5-7-17-6-1-2-8-18(17)20/h1-11,22H,12-16H2/p+1/t22-/m0/s1. The van der Waals surface area contributed by atoms with E-state index in [9.17, 15) is 14.0 Å². The van der Waals surface area contributed by atoms with Crippen molar-refractivity contribution in [2.45, 2.75) is 12.5 Å². The third-order valence-corrected chi connectivity index (χ3v) is 6.25. The van der Waals surface area contributed by atoms with E-state index in [1.807, 2.05) is 53.4 Å². The van der Waals surface area contributed by atoms with Crippen molar-refractivity contribution in [1.29, 1.82) is 0 Å². The molecule has 1 atom stereocenters. The van der Waals surface area contributed by atoms with Gasteiger partial charge in [0.2, 0.25) is 5.91 Å². The van der Waals surface area contributed by atoms with E-state index in [4.69, 9.17) is 0 Å². The molecule has 0 bridgehead atoms. The minimum Gasteiger partial charge on any atom is -0.358 e. The predicted molar refractivity (Wildman–Crippen MR) is 114 cm³/mol. The third kappa shape index (κ3) is 3.13. The monoisotopic (exact) mass is 404 g/mol. The maximum absolute atomic E-state index is 14.1. The van der Waals surface area contributed by atoms with Gasteiger partial charge in [-0.3, -0.25) is 9.59 Å². The summed E-state index contributed by atoms with van der Waals surface area (Å²) in [6.45, 7) is 2.70. The van der Waals surface area contributed by atoms with Crippen LogP contribution in [0.25, 0.3) is 10.8 Å². The molecule has 0 saturated carbocycles. The van der Waals surface area contributed by atoms with Gasteiger partial charge in [0.1, 0.15) is 5.82 Å². The number of anilines is 2. The summed E-state index contributed by atoms with van der Waals surface area (Å²) in [6.07, 6.45) is 0.219. The van der Waals surface area contributed by atoms with Crippen molar-refractivity contribution in [2.75, 3.05) is 36.0 Å². The zero-order valence-corrected chi connectivity index (χ0v) is 16.6. The van der Waals surface area contributed by atoms with Crippen molar-refractivity contribution in [1.82, 2.24) is 0 Å². The van der Waals surface area contributed by atoms with Gasteiger partial charge < -0.3 is 9.80 Å². The lowest BCUT2D eigenvalue weighted by Crippen LogP contribution is -3.19. The molecule has 1 N–H and O–H groups in total. The summed E-state index contributed by atoms with van der Waals surface area (Å²) in [7, 11) is 0. The van der Waals surface area contributed by atoms with E-state index >= 15 is 0 Å². The van der Waals surface area contributed by atoms with E-state index in [1.54, 1.807) is 12.1 Å². The quantitative estimate of drug-likeness (QED) is 0.680. The fourth-order valence-electron chi connectivity index (χ4n) is 4.70. The molecule has 0 aromatic heterocycles. The fraction of sp³-hybridized carbons (Fsp3) is 0.250. The normalized spacial score (nSPS) is 20.4. The lowest BCUT2D eigenvalue weighted by Gasteiger charge is -2.35. The van der Waals surface area contributed by atoms with Gasteiger partial charge in [-0.1, -0.05) is 48.5 Å². The van der Waals surface area contributed by atoms with Gasteiger partial charge >= 0.3 is 0 Å². The third-order valence-electron chi connectivity index (χ3n) is 6.25. The van der Waals surface area contributed by atoms with Gasteiger partial charge in [-0.2, -0.15) is 0 Å². The van der Waals surface area contributed by atoms with Crippen molar-refractivity contribution in [3.8, 4) is 0 Å². The van der Waals surface area contributed by atoms with Crippen LogP contribution in [0.2, 0.25) is 0 Å². The highest BCUT2D eigenvalue weighted by Gasteiger charge is 2.46. The number of hydrogen-bond donors (Lipinski definition) is 1. The maximum atomic E-state index is 14.1. The zero-order chi connectivity index (χ0) is 20.7. The van der Waals surface area contributed by atoms with Gasteiger partial charge in [-0.05, 0) is 23.6 Å². The van der Waals surface area contributed by atoms with Crippen LogP contribution in [0.3, 0.4) is 0 Å². The summed E-state index contributed by atoms with van der Waals surface area (Å²) < 4.78 is 14.1. The molecule has 2 aliphatic rings. The molecule has 0 aliphatic carbocycles. The number of imide groups is 1. The minimum atomic E-state index is -0.376. The van der Waals surface area contributed by atoms with E-state index in [0.717, 1.165) is 15.7 Å². The molecule has 2 fully saturated rings. The predicted octanol–water partition coefficient (Wildman–Crippen LogP) is 2.02. The number of carbonyl (C=O) groups excluding carboxylic acids is 2. The number of nitrogens with one attached hydrogen (secondary N) is 1. The number of para-hydroxylation sites is 1. The van der Waals surface area contributed by atoms with Gasteiger partial charge in [0.25, 0.3) is 5.91 Å². The van der Waals surface area contributed by atoms with Gasteiger partial charge in [0.05, 0.1) is 44.0 Å². The van der Waals surface area contributed by atoms with Crippen LogP contribution in [-0.4, -0.2) is 44.0 Å². The lowest BCUT2D eigenvalue weighted by atomic mass is 10.1. The Bertz CT molecular complexity index is 1120. The Morgan fingerprint density at radius 1 is 0.833 bits per heavy atom. The average Bonchev–Trinajstić information content (AvgIpc) is 3.07. The molecular weight excluding hydrogens is 381 g/mol. The van der Waals surface area contributed by atoms with Gasteiger partial charge in [0.15, 0.2) is 6.04 Å². The number of quaternary nitrogens is 1. The largest absolute Gasteiger partial charge is 0.358 e. The van der Waals surface area contributed by atoms with Crippen molar-refractivity contribution in [3.63, 3.8) is 0 Å². The van der Waals surface area contributed by atoms with Gasteiger partial charge in [0, 0.05) is 5.39 Å². The van der Waals surface area contributed by atoms with Crippen LogP contribution in [0.1, 0.15) is 6.42 Å². The van der Waals surface area contributed by atoms with Crippen LogP contribution in [0.15, 0.2) is 66.7 Å². The smallest absolute Gasteiger partial charge is 0.292 e. The molecule has 0 unspecified atom stereocenters. The van der Waals surface area contributed by atoms with Crippen LogP contribution >= 0.6 is 0 Å². The number of carbonyl (C=O) groups is 2. The van der Waals surface area contributed by atoms with Crippen molar-refractivity contribution >= 4 is 34.0 Å². The van der Waals surface area contributed by atoms with E-state index in [0.29, 0.717) is 37.6 Å². The Balaban J connectivity index is 1.35. The Morgan fingerprint density at radius 3 is 2.30 bits per heavy atom. The van der Waals surface area contributed by atoms with Crippen molar-refractivity contribution in [3.05, 3.63) is 72.5 Å². The average molecular weight is 404 g/mol. The van der Waals surface area contributed by atoms with E-state index < -0.39 is 0 Å². The lowest BCUT2D eigenvalue weighted by molar-refractivity contribution is -0.915. The molecule has 5 rings (SSSR count). The first-order valence-corrected chi connectivity index (χ1v) is 10.3. The number of amides is 2. The van der Waals surface area contributed by atoms with E-state index in [1.165, 1.54) is 11.0 Å². The molecule has 30 heavy (non-hydrogen) atoms. The van der Waals surface area contributed by atoms with Gasteiger partial charge in [-0.15, -0.1) is 0 Å². The topological polar surface area (TPSA) is 45.1 Å². The molecule has 152 valence electrons. The Kier molecular flexibility index (Phi) is 4.71. The summed E-state index contributed by atoms with van der Waals surface area (Å²) in [5, 5.41) is 1.91. The van der Waals surface area contributed by atoms with Crippen LogP contribution in [0, 0.1) is 5.82 Å². The van der Waals surface area contributed by atoms with Crippen LogP contribution < -0.4 is 14.7 Å². The summed E-state index contributed by atoms with van der Waals surface area (Å²) in [6, 6.07) is 19.9. The van der Waals surface area contributed by atoms with Crippen LogP contribution in [-0.2, 0) is 9.59 Å². The summed E-state index contributed by atoms with van der Waals surface area (Å²) >= 11 is 0. The second-order valence-corrected chi connectivity index (χ2v) is 7.92.